The second-order valence-electron chi connectivity index (χ2n) is 9.89. The van der Waals surface area contributed by atoms with Gasteiger partial charge in [-0.3, -0.25) is 9.69 Å². The number of nitrogens with one attached hydrogen (secondary N) is 1. The summed E-state index contributed by atoms with van der Waals surface area (Å²) in [6.07, 6.45) is 6.76. The predicted octanol–water partition coefficient (Wildman–Crippen LogP) is 5.57. The molecule has 2 heterocycles. The Kier molecular flexibility index (Phi) is 7.94. The van der Waals surface area contributed by atoms with Gasteiger partial charge in [0.05, 0.1) is 18.7 Å². The van der Waals surface area contributed by atoms with Crippen molar-refractivity contribution in [3.05, 3.63) is 81.9 Å². The average Bonchev–Trinajstić information content (AvgIpc) is 3.40. The number of rotatable bonds is 10. The van der Waals surface area contributed by atoms with E-state index < -0.39 is 0 Å². The minimum absolute atomic E-state index is 0.0259. The lowest BCUT2D eigenvalue weighted by Gasteiger charge is -2.32. The summed E-state index contributed by atoms with van der Waals surface area (Å²) in [6, 6.07) is 18.5. The minimum Gasteiger partial charge on any atom is -0.494 e. The third-order valence-corrected chi connectivity index (χ3v) is 7.37. The summed E-state index contributed by atoms with van der Waals surface area (Å²) >= 11 is 0. The van der Waals surface area contributed by atoms with Crippen molar-refractivity contribution in [2.45, 2.75) is 77.5 Å². The molecular weight excluding hydrogens is 464 g/mol. The van der Waals surface area contributed by atoms with E-state index in [0.717, 1.165) is 41.7 Å². The number of ether oxygens (including phenoxy) is 1. The lowest BCUT2D eigenvalue weighted by molar-refractivity contribution is 0.155. The van der Waals surface area contributed by atoms with Crippen molar-refractivity contribution < 1.29 is 4.74 Å². The monoisotopic (exact) mass is 500 g/mol. The Bertz CT molecular complexity index is 1360. The van der Waals surface area contributed by atoms with Crippen LogP contribution in [0, 0.1) is 0 Å². The second-order valence-corrected chi connectivity index (χ2v) is 9.89. The summed E-state index contributed by atoms with van der Waals surface area (Å²) in [4.78, 5) is 18.6. The Morgan fingerprint density at radius 3 is 2.62 bits per heavy atom. The van der Waals surface area contributed by atoms with Crippen molar-refractivity contribution in [3.63, 3.8) is 0 Å². The van der Waals surface area contributed by atoms with E-state index in [1.54, 1.807) is 0 Å². The molecule has 5 rings (SSSR count). The summed E-state index contributed by atoms with van der Waals surface area (Å²) in [5.41, 5.74) is 2.64. The summed E-state index contributed by atoms with van der Waals surface area (Å²) < 4.78 is 7.75. The molecule has 0 saturated heterocycles. The molecule has 0 amide bonds. The fraction of sp³-hybridized carbons (Fsp3) is 0.448. The number of hydrogen-bond acceptors (Lipinski definition) is 6. The van der Waals surface area contributed by atoms with Crippen LogP contribution in [0.15, 0.2) is 59.4 Å². The van der Waals surface area contributed by atoms with Crippen LogP contribution in [0.25, 0.3) is 10.9 Å². The molecule has 1 atom stereocenters. The standard InChI is InChI=1S/C29H36N6O2/c1-3-27(28-31-32-33-35(28)24-13-9-6-10-14-24)34(19-21-11-7-5-8-12-21)20-23-17-22-18-25(37-4-2)15-16-26(22)30-29(23)36/h5,7-8,11-12,15-18,24,27H,3-4,6,9-10,13-14,19-20H2,1-2H3,(H,30,36)/t27-/m1/s1. The van der Waals surface area contributed by atoms with Gasteiger partial charge in [-0.2, -0.15) is 0 Å². The van der Waals surface area contributed by atoms with Gasteiger partial charge in [0, 0.05) is 29.6 Å². The number of aromatic nitrogens is 5. The van der Waals surface area contributed by atoms with Gasteiger partial charge in [-0.05, 0) is 66.4 Å². The smallest absolute Gasteiger partial charge is 0.252 e. The molecule has 1 N–H and O–H groups in total. The zero-order chi connectivity index (χ0) is 25.6. The molecule has 0 aliphatic heterocycles. The molecule has 194 valence electrons. The van der Waals surface area contributed by atoms with E-state index in [4.69, 9.17) is 4.74 Å². The normalized spacial score (nSPS) is 15.3. The van der Waals surface area contributed by atoms with Gasteiger partial charge in [-0.1, -0.05) is 56.5 Å². The highest BCUT2D eigenvalue weighted by molar-refractivity contribution is 5.80. The van der Waals surface area contributed by atoms with Gasteiger partial charge in [-0.25, -0.2) is 4.68 Å². The number of benzene rings is 2. The van der Waals surface area contributed by atoms with Crippen LogP contribution in [-0.2, 0) is 13.1 Å². The van der Waals surface area contributed by atoms with Crippen molar-refractivity contribution >= 4 is 10.9 Å². The van der Waals surface area contributed by atoms with Gasteiger partial charge < -0.3 is 9.72 Å². The first-order valence-electron chi connectivity index (χ1n) is 13.5. The molecule has 1 saturated carbocycles. The number of hydrogen-bond donors (Lipinski definition) is 1. The van der Waals surface area contributed by atoms with Crippen molar-refractivity contribution in [1.29, 1.82) is 0 Å². The van der Waals surface area contributed by atoms with E-state index in [2.05, 4.69) is 61.3 Å². The minimum atomic E-state index is -0.0727. The van der Waals surface area contributed by atoms with E-state index >= 15 is 0 Å². The van der Waals surface area contributed by atoms with Crippen molar-refractivity contribution in [2.75, 3.05) is 6.61 Å². The first kappa shape index (κ1) is 25.1. The third kappa shape index (κ3) is 5.74. The molecule has 1 fully saturated rings. The van der Waals surface area contributed by atoms with Crippen LogP contribution in [0.4, 0.5) is 0 Å². The van der Waals surface area contributed by atoms with Crippen LogP contribution in [0.3, 0.4) is 0 Å². The van der Waals surface area contributed by atoms with Gasteiger partial charge >= 0.3 is 0 Å². The van der Waals surface area contributed by atoms with E-state index in [1.807, 2.05) is 37.3 Å². The average molecular weight is 501 g/mol. The van der Waals surface area contributed by atoms with Crippen molar-refractivity contribution in [1.82, 2.24) is 30.1 Å². The molecule has 0 bridgehead atoms. The van der Waals surface area contributed by atoms with E-state index in [1.165, 1.54) is 24.8 Å². The molecule has 37 heavy (non-hydrogen) atoms. The fourth-order valence-electron chi connectivity index (χ4n) is 5.53. The highest BCUT2D eigenvalue weighted by Gasteiger charge is 2.29. The van der Waals surface area contributed by atoms with Crippen LogP contribution in [0.2, 0.25) is 0 Å². The molecule has 0 unspecified atom stereocenters. The number of fused-ring (bicyclic) bond motifs is 1. The van der Waals surface area contributed by atoms with Gasteiger partial charge in [0.1, 0.15) is 5.75 Å². The first-order valence-corrected chi connectivity index (χ1v) is 13.5. The number of pyridine rings is 1. The van der Waals surface area contributed by atoms with Gasteiger partial charge in [0.15, 0.2) is 5.82 Å². The fourth-order valence-corrected chi connectivity index (χ4v) is 5.53. The molecule has 4 aromatic rings. The van der Waals surface area contributed by atoms with Crippen LogP contribution in [-0.4, -0.2) is 36.7 Å². The highest BCUT2D eigenvalue weighted by atomic mass is 16.5. The Balaban J connectivity index is 1.51. The Hall–Kier alpha value is -3.52. The molecule has 8 nitrogen and oxygen atoms in total. The predicted molar refractivity (Wildman–Crippen MR) is 144 cm³/mol. The molecule has 1 aliphatic carbocycles. The summed E-state index contributed by atoms with van der Waals surface area (Å²) in [5.74, 6) is 1.69. The van der Waals surface area contributed by atoms with Crippen molar-refractivity contribution in [3.8, 4) is 5.75 Å². The van der Waals surface area contributed by atoms with Crippen LogP contribution in [0.1, 0.15) is 81.4 Å². The molecule has 0 spiro atoms. The van der Waals surface area contributed by atoms with Crippen LogP contribution < -0.4 is 10.3 Å². The number of tetrazole rings is 1. The molecule has 0 radical (unpaired) electrons. The molecule has 1 aliphatic rings. The Morgan fingerprint density at radius 1 is 1.05 bits per heavy atom. The van der Waals surface area contributed by atoms with E-state index in [0.29, 0.717) is 31.3 Å². The molecule has 8 heteroatoms. The highest BCUT2D eigenvalue weighted by Crippen LogP contribution is 2.33. The number of aromatic amines is 1. The lowest BCUT2D eigenvalue weighted by atomic mass is 9.95. The lowest BCUT2D eigenvalue weighted by Crippen LogP contribution is -2.33. The first-order chi connectivity index (χ1) is 18.2. The van der Waals surface area contributed by atoms with Crippen LogP contribution >= 0.6 is 0 Å². The topological polar surface area (TPSA) is 88.9 Å². The van der Waals surface area contributed by atoms with Gasteiger partial charge in [0.25, 0.3) is 5.56 Å². The zero-order valence-electron chi connectivity index (χ0n) is 21.8. The largest absolute Gasteiger partial charge is 0.494 e. The van der Waals surface area contributed by atoms with Gasteiger partial charge in [0.2, 0.25) is 0 Å². The summed E-state index contributed by atoms with van der Waals surface area (Å²) in [5, 5.41) is 14.0. The quantitative estimate of drug-likeness (QED) is 0.306. The molecular formula is C29H36N6O2. The SMILES string of the molecule is CCOc1ccc2[nH]c(=O)c(CN(Cc3ccccc3)[C@H](CC)c3nnnn3C3CCCCC3)cc2c1. The van der Waals surface area contributed by atoms with Crippen molar-refractivity contribution in [2.24, 2.45) is 0 Å². The van der Waals surface area contributed by atoms with E-state index in [-0.39, 0.29) is 11.6 Å². The maximum atomic E-state index is 13.2. The summed E-state index contributed by atoms with van der Waals surface area (Å²) in [7, 11) is 0. The Labute approximate surface area is 217 Å². The summed E-state index contributed by atoms with van der Waals surface area (Å²) in [6.45, 7) is 5.90. The zero-order valence-corrected chi connectivity index (χ0v) is 21.8. The number of H-pyrrole nitrogens is 1. The van der Waals surface area contributed by atoms with Gasteiger partial charge in [-0.15, -0.1) is 5.10 Å². The van der Waals surface area contributed by atoms with Crippen LogP contribution in [0.5, 0.6) is 5.75 Å². The Morgan fingerprint density at radius 2 is 1.86 bits per heavy atom. The second kappa shape index (κ2) is 11.7. The molecule has 2 aromatic heterocycles. The maximum Gasteiger partial charge on any atom is 0.252 e. The third-order valence-electron chi connectivity index (χ3n) is 7.37. The maximum absolute atomic E-state index is 13.2. The number of nitrogens with zero attached hydrogens (tertiary/aromatic N) is 5. The van der Waals surface area contributed by atoms with E-state index in [9.17, 15) is 4.79 Å². The molecule has 2 aromatic carbocycles.